The van der Waals surface area contributed by atoms with E-state index in [9.17, 15) is 19.8 Å². The van der Waals surface area contributed by atoms with Crippen LogP contribution in [-0.4, -0.2) is 47.4 Å². The summed E-state index contributed by atoms with van der Waals surface area (Å²) < 4.78 is 5.50. The van der Waals surface area contributed by atoms with Gasteiger partial charge in [0.15, 0.2) is 0 Å². The number of aliphatic hydroxyl groups is 2. The Balaban J connectivity index is 3.43. The van der Waals surface area contributed by atoms with Crippen LogP contribution in [0.5, 0.6) is 0 Å². The molecular formula is C65H123NO5. The summed E-state index contributed by atoms with van der Waals surface area (Å²) in [6.45, 7) is 4.91. The molecule has 0 aromatic carbocycles. The summed E-state index contributed by atoms with van der Waals surface area (Å²) in [7, 11) is 0. The highest BCUT2D eigenvalue weighted by atomic mass is 16.5. The lowest BCUT2D eigenvalue weighted by Crippen LogP contribution is -2.45. The molecule has 418 valence electrons. The average molecular weight is 999 g/mol. The van der Waals surface area contributed by atoms with Crippen molar-refractivity contribution in [3.05, 3.63) is 36.5 Å². The molecule has 1 amide bonds. The van der Waals surface area contributed by atoms with Crippen LogP contribution in [0.3, 0.4) is 0 Å². The molecule has 0 saturated carbocycles. The standard InChI is InChI=1S/C65H123NO5/c1-3-5-7-9-11-13-15-17-18-19-28-31-35-39-43-47-51-55-59-65(70)71-60-56-52-48-44-40-36-32-29-26-24-22-20-21-23-25-27-30-34-38-42-46-50-54-58-64(69)66-62(61-67)63(68)57-53-49-45-41-37-33-16-14-12-10-8-6-4-2/h20,22-23,25,53,57,62-63,67-68H,3-19,21,24,26-52,54-56,58-61H2,1-2H3,(H,66,69)/b22-20-,25-23-,57-53+. The van der Waals surface area contributed by atoms with Crippen molar-refractivity contribution in [3.63, 3.8) is 0 Å². The van der Waals surface area contributed by atoms with Crippen molar-refractivity contribution >= 4 is 11.9 Å². The van der Waals surface area contributed by atoms with Crippen LogP contribution in [0.4, 0.5) is 0 Å². The van der Waals surface area contributed by atoms with Gasteiger partial charge in [0.1, 0.15) is 0 Å². The predicted molar refractivity (Wildman–Crippen MR) is 310 cm³/mol. The van der Waals surface area contributed by atoms with Gasteiger partial charge >= 0.3 is 5.97 Å². The predicted octanol–water partition coefficient (Wildman–Crippen LogP) is 20.0. The summed E-state index contributed by atoms with van der Waals surface area (Å²) >= 11 is 0. The Morgan fingerprint density at radius 2 is 0.704 bits per heavy atom. The number of carbonyl (C=O) groups excluding carboxylic acids is 2. The first kappa shape index (κ1) is 69.1. The van der Waals surface area contributed by atoms with Crippen LogP contribution in [-0.2, 0) is 14.3 Å². The largest absolute Gasteiger partial charge is 0.466 e. The Bertz CT molecular complexity index is 1150. The van der Waals surface area contributed by atoms with Gasteiger partial charge in [-0.2, -0.15) is 0 Å². The van der Waals surface area contributed by atoms with Crippen LogP contribution in [0.15, 0.2) is 36.5 Å². The monoisotopic (exact) mass is 998 g/mol. The normalized spacial score (nSPS) is 12.8. The second-order valence-corrected chi connectivity index (χ2v) is 21.7. The van der Waals surface area contributed by atoms with Crippen LogP contribution in [0.1, 0.15) is 341 Å². The van der Waals surface area contributed by atoms with Crippen LogP contribution < -0.4 is 5.32 Å². The fraction of sp³-hybridized carbons (Fsp3) is 0.877. The van der Waals surface area contributed by atoms with Gasteiger partial charge in [0.05, 0.1) is 25.4 Å². The van der Waals surface area contributed by atoms with Gasteiger partial charge in [-0.25, -0.2) is 0 Å². The lowest BCUT2D eigenvalue weighted by Gasteiger charge is -2.20. The van der Waals surface area contributed by atoms with Crippen molar-refractivity contribution in [1.29, 1.82) is 0 Å². The number of esters is 1. The van der Waals surface area contributed by atoms with Gasteiger partial charge in [0, 0.05) is 12.8 Å². The molecule has 0 aliphatic heterocycles. The molecular weight excluding hydrogens is 875 g/mol. The summed E-state index contributed by atoms with van der Waals surface area (Å²) in [4.78, 5) is 24.5. The topological polar surface area (TPSA) is 95.9 Å². The highest BCUT2D eigenvalue weighted by molar-refractivity contribution is 5.76. The zero-order chi connectivity index (χ0) is 51.4. The van der Waals surface area contributed by atoms with E-state index in [2.05, 4.69) is 43.5 Å². The van der Waals surface area contributed by atoms with Gasteiger partial charge in [-0.1, -0.05) is 301 Å². The SMILES string of the molecule is CCCCCCCCCCCCC/C=C/C(O)C(CO)NC(=O)CCCCCCCCC/C=C\C/C=C\CCCCCCCCCCCOC(=O)CCCCCCCCCCCCCCCCCCCC. The van der Waals surface area contributed by atoms with E-state index in [0.29, 0.717) is 19.4 Å². The first-order valence-electron chi connectivity index (χ1n) is 31.8. The maximum Gasteiger partial charge on any atom is 0.305 e. The molecule has 2 unspecified atom stereocenters. The van der Waals surface area contributed by atoms with Crippen LogP contribution in [0.25, 0.3) is 0 Å². The van der Waals surface area contributed by atoms with Crippen molar-refractivity contribution in [2.45, 2.75) is 353 Å². The Hall–Kier alpha value is -1.92. The maximum atomic E-state index is 12.4. The van der Waals surface area contributed by atoms with Crippen molar-refractivity contribution in [2.24, 2.45) is 0 Å². The zero-order valence-corrected chi connectivity index (χ0v) is 47.7. The third-order valence-corrected chi connectivity index (χ3v) is 14.7. The van der Waals surface area contributed by atoms with E-state index < -0.39 is 12.1 Å². The average Bonchev–Trinajstić information content (AvgIpc) is 3.37. The minimum Gasteiger partial charge on any atom is -0.466 e. The third-order valence-electron chi connectivity index (χ3n) is 14.7. The summed E-state index contributed by atoms with van der Waals surface area (Å²) in [6, 6.07) is -0.635. The Morgan fingerprint density at radius 1 is 0.394 bits per heavy atom. The maximum absolute atomic E-state index is 12.4. The fourth-order valence-corrected chi connectivity index (χ4v) is 9.78. The molecule has 0 saturated heterocycles. The molecule has 0 aliphatic carbocycles. The van der Waals surface area contributed by atoms with Gasteiger partial charge in [-0.15, -0.1) is 0 Å². The fourth-order valence-electron chi connectivity index (χ4n) is 9.78. The third kappa shape index (κ3) is 57.2. The van der Waals surface area contributed by atoms with Crippen molar-refractivity contribution in [2.75, 3.05) is 13.2 Å². The van der Waals surface area contributed by atoms with E-state index in [1.807, 2.05) is 6.08 Å². The quantitative estimate of drug-likeness (QED) is 0.0321. The first-order chi connectivity index (χ1) is 35.0. The van der Waals surface area contributed by atoms with E-state index >= 15 is 0 Å². The number of hydrogen-bond donors (Lipinski definition) is 3. The van der Waals surface area contributed by atoms with Gasteiger partial charge in [-0.05, 0) is 64.2 Å². The number of carbonyl (C=O) groups is 2. The molecule has 6 nitrogen and oxygen atoms in total. The molecule has 0 fully saturated rings. The van der Waals surface area contributed by atoms with Crippen LogP contribution >= 0.6 is 0 Å². The first-order valence-corrected chi connectivity index (χ1v) is 31.8. The number of aliphatic hydroxyl groups excluding tert-OH is 2. The molecule has 0 heterocycles. The number of allylic oxidation sites excluding steroid dienone is 5. The molecule has 0 bridgehead atoms. The molecule has 2 atom stereocenters. The van der Waals surface area contributed by atoms with E-state index in [0.717, 1.165) is 57.8 Å². The molecule has 0 spiro atoms. The highest BCUT2D eigenvalue weighted by Crippen LogP contribution is 2.17. The molecule has 0 rings (SSSR count). The number of rotatable bonds is 59. The number of nitrogens with one attached hydrogen (secondary N) is 1. The summed E-state index contributed by atoms with van der Waals surface area (Å²) in [5, 5.41) is 23.1. The van der Waals surface area contributed by atoms with E-state index in [4.69, 9.17) is 4.74 Å². The number of hydrogen-bond acceptors (Lipinski definition) is 5. The molecule has 0 radical (unpaired) electrons. The van der Waals surface area contributed by atoms with E-state index in [1.54, 1.807) is 6.08 Å². The summed E-state index contributed by atoms with van der Waals surface area (Å²) in [5.74, 6) is -0.0672. The van der Waals surface area contributed by atoms with E-state index in [1.165, 1.54) is 257 Å². The van der Waals surface area contributed by atoms with Crippen LogP contribution in [0, 0.1) is 0 Å². The molecule has 0 aromatic heterocycles. The summed E-state index contributed by atoms with van der Waals surface area (Å²) in [5.41, 5.74) is 0. The Kier molecular flexibility index (Phi) is 59.0. The second-order valence-electron chi connectivity index (χ2n) is 21.7. The lowest BCUT2D eigenvalue weighted by molar-refractivity contribution is -0.143. The highest BCUT2D eigenvalue weighted by Gasteiger charge is 2.18. The number of unbranched alkanes of at least 4 members (excludes halogenated alkanes) is 44. The van der Waals surface area contributed by atoms with Gasteiger partial charge in [0.2, 0.25) is 5.91 Å². The zero-order valence-electron chi connectivity index (χ0n) is 47.7. The number of amides is 1. The summed E-state index contributed by atoms with van der Waals surface area (Å²) in [6.07, 6.45) is 76.2. The minimum atomic E-state index is -0.850. The molecule has 71 heavy (non-hydrogen) atoms. The van der Waals surface area contributed by atoms with Crippen molar-refractivity contribution in [1.82, 2.24) is 5.32 Å². The second kappa shape index (κ2) is 60.6. The Morgan fingerprint density at radius 3 is 1.07 bits per heavy atom. The minimum absolute atomic E-state index is 0.0109. The molecule has 0 aromatic rings. The number of ether oxygens (including phenoxy) is 1. The van der Waals surface area contributed by atoms with Crippen LogP contribution in [0.2, 0.25) is 0 Å². The molecule has 3 N–H and O–H groups in total. The Labute approximate surface area is 443 Å². The van der Waals surface area contributed by atoms with Gasteiger partial charge in [0.25, 0.3) is 0 Å². The van der Waals surface area contributed by atoms with Gasteiger partial charge in [-0.3, -0.25) is 9.59 Å². The molecule has 6 heteroatoms. The van der Waals surface area contributed by atoms with Crippen molar-refractivity contribution in [3.8, 4) is 0 Å². The smallest absolute Gasteiger partial charge is 0.305 e. The van der Waals surface area contributed by atoms with Gasteiger partial charge < -0.3 is 20.3 Å². The van der Waals surface area contributed by atoms with E-state index in [-0.39, 0.29) is 18.5 Å². The molecule has 0 aliphatic rings. The lowest BCUT2D eigenvalue weighted by atomic mass is 10.0. The van der Waals surface area contributed by atoms with Crippen molar-refractivity contribution < 1.29 is 24.5 Å².